The Bertz CT molecular complexity index is 482. The molecule has 0 aliphatic carbocycles. The molecule has 2 N–H and O–H groups in total. The number of aromatic hydroxyl groups is 1. The van der Waals surface area contributed by atoms with Crippen LogP contribution >= 0.6 is 31.9 Å². The van der Waals surface area contributed by atoms with Crippen LogP contribution in [-0.4, -0.2) is 42.4 Å². The third kappa shape index (κ3) is 4.58. The van der Waals surface area contributed by atoms with E-state index in [1.54, 1.807) is 12.1 Å². The fourth-order valence-corrected chi connectivity index (χ4v) is 3.67. The van der Waals surface area contributed by atoms with Crippen molar-refractivity contribution >= 4 is 31.9 Å². The Kier molecular flexibility index (Phi) is 5.56. The minimum Gasteiger partial charge on any atom is -0.506 e. The van der Waals surface area contributed by atoms with Gasteiger partial charge in [-0.1, -0.05) is 0 Å². The van der Waals surface area contributed by atoms with Crippen LogP contribution in [0.2, 0.25) is 0 Å². The number of alkyl halides is 3. The highest BCUT2D eigenvalue weighted by molar-refractivity contribution is 9.11. The van der Waals surface area contributed by atoms with Crippen molar-refractivity contribution in [2.45, 2.75) is 18.6 Å². The quantitative estimate of drug-likeness (QED) is 0.763. The summed E-state index contributed by atoms with van der Waals surface area (Å²) in [7, 11) is 0. The summed E-state index contributed by atoms with van der Waals surface area (Å²) >= 11 is 6.35. The first-order valence-corrected chi connectivity index (χ1v) is 8.06. The Morgan fingerprint density at radius 3 is 2.19 bits per heavy atom. The van der Waals surface area contributed by atoms with E-state index in [9.17, 15) is 18.3 Å². The molecule has 0 saturated carbocycles. The van der Waals surface area contributed by atoms with Gasteiger partial charge in [-0.15, -0.1) is 0 Å². The lowest BCUT2D eigenvalue weighted by atomic mass is 10.0. The molecular formula is C13H15Br2F3N2O. The van der Waals surface area contributed by atoms with Crippen LogP contribution in [0.4, 0.5) is 13.2 Å². The molecule has 2 rings (SSSR count). The number of nitrogens with zero attached hydrogens (tertiary/aromatic N) is 1. The second-order valence-electron chi connectivity index (χ2n) is 4.95. The van der Waals surface area contributed by atoms with Gasteiger partial charge in [0.25, 0.3) is 0 Å². The third-order valence-electron chi connectivity index (χ3n) is 3.44. The lowest BCUT2D eigenvalue weighted by Crippen LogP contribution is -2.46. The van der Waals surface area contributed by atoms with E-state index in [4.69, 9.17) is 0 Å². The molecule has 0 unspecified atom stereocenters. The molecule has 118 valence electrons. The Hall–Kier alpha value is -0.310. The van der Waals surface area contributed by atoms with Crippen molar-refractivity contribution in [3.05, 3.63) is 26.6 Å². The molecule has 0 amide bonds. The summed E-state index contributed by atoms with van der Waals surface area (Å²) in [6, 6.07) is 2.36. The first-order chi connectivity index (χ1) is 9.78. The van der Waals surface area contributed by atoms with E-state index in [0.717, 1.165) is 0 Å². The Morgan fingerprint density at radius 2 is 1.71 bits per heavy atom. The predicted octanol–water partition coefficient (Wildman–Crippen LogP) is 3.82. The number of phenolic OH excluding ortho intramolecular Hbond substituents is 1. The maximum atomic E-state index is 12.9. The zero-order valence-electron chi connectivity index (χ0n) is 11.1. The number of nitrogens with one attached hydrogen (secondary N) is 1. The lowest BCUT2D eigenvalue weighted by molar-refractivity contribution is -0.148. The molecule has 3 nitrogen and oxygen atoms in total. The lowest BCUT2D eigenvalue weighted by Gasteiger charge is -2.36. The number of hydrogen-bond donors (Lipinski definition) is 2. The molecule has 21 heavy (non-hydrogen) atoms. The average Bonchev–Trinajstić information content (AvgIpc) is 2.41. The molecule has 0 radical (unpaired) electrons. The molecule has 0 spiro atoms. The first kappa shape index (κ1) is 17.1. The number of halogens is 5. The smallest absolute Gasteiger partial charge is 0.390 e. The zero-order valence-corrected chi connectivity index (χ0v) is 14.2. The van der Waals surface area contributed by atoms with Crippen molar-refractivity contribution in [1.82, 2.24) is 10.2 Å². The van der Waals surface area contributed by atoms with Gasteiger partial charge in [-0.3, -0.25) is 4.90 Å². The van der Waals surface area contributed by atoms with Gasteiger partial charge in [0.2, 0.25) is 0 Å². The molecule has 1 aliphatic rings. The van der Waals surface area contributed by atoms with Crippen LogP contribution in [0.25, 0.3) is 0 Å². The van der Waals surface area contributed by atoms with Crippen LogP contribution in [0, 0.1) is 0 Å². The van der Waals surface area contributed by atoms with E-state index >= 15 is 0 Å². The van der Waals surface area contributed by atoms with E-state index in [2.05, 4.69) is 37.2 Å². The summed E-state index contributed by atoms with van der Waals surface area (Å²) in [5, 5.41) is 12.9. The minimum absolute atomic E-state index is 0.00943. The monoisotopic (exact) mass is 430 g/mol. The summed E-state index contributed by atoms with van der Waals surface area (Å²) in [5.41, 5.74) is 0.533. The topological polar surface area (TPSA) is 35.5 Å². The van der Waals surface area contributed by atoms with Gasteiger partial charge in [0, 0.05) is 32.2 Å². The van der Waals surface area contributed by atoms with E-state index in [1.807, 2.05) is 4.90 Å². The predicted molar refractivity (Wildman–Crippen MR) is 81.4 cm³/mol. The van der Waals surface area contributed by atoms with Crippen LogP contribution in [0.15, 0.2) is 21.1 Å². The minimum atomic E-state index is -4.24. The van der Waals surface area contributed by atoms with E-state index in [1.165, 1.54) is 0 Å². The molecule has 1 fully saturated rings. The van der Waals surface area contributed by atoms with Crippen LogP contribution in [-0.2, 0) is 0 Å². The van der Waals surface area contributed by atoms with Crippen molar-refractivity contribution in [2.24, 2.45) is 0 Å². The van der Waals surface area contributed by atoms with Crippen molar-refractivity contribution < 1.29 is 18.3 Å². The van der Waals surface area contributed by atoms with Crippen LogP contribution in [0.1, 0.15) is 18.0 Å². The van der Waals surface area contributed by atoms with E-state index < -0.39 is 18.6 Å². The zero-order chi connectivity index (χ0) is 15.6. The molecule has 8 heteroatoms. The number of piperazine rings is 1. The van der Waals surface area contributed by atoms with Crippen LogP contribution in [0.5, 0.6) is 5.75 Å². The van der Waals surface area contributed by atoms with E-state index in [0.29, 0.717) is 40.7 Å². The third-order valence-corrected chi connectivity index (χ3v) is 4.65. The normalized spacial score (nSPS) is 18.7. The number of phenols is 1. The van der Waals surface area contributed by atoms with Gasteiger partial charge < -0.3 is 10.4 Å². The molecule has 1 saturated heterocycles. The molecule has 0 aromatic heterocycles. The van der Waals surface area contributed by atoms with Gasteiger partial charge >= 0.3 is 6.18 Å². The maximum Gasteiger partial charge on any atom is 0.390 e. The van der Waals surface area contributed by atoms with Gasteiger partial charge in [0.15, 0.2) is 0 Å². The maximum absolute atomic E-state index is 12.9. The second kappa shape index (κ2) is 6.85. The molecule has 1 aromatic carbocycles. The fourth-order valence-electron chi connectivity index (χ4n) is 2.45. The van der Waals surface area contributed by atoms with Crippen LogP contribution in [0.3, 0.4) is 0 Å². The van der Waals surface area contributed by atoms with E-state index in [-0.39, 0.29) is 5.75 Å². The number of hydrogen-bond acceptors (Lipinski definition) is 3. The summed E-state index contributed by atoms with van der Waals surface area (Å²) in [6.45, 7) is 2.48. The van der Waals surface area contributed by atoms with Crippen molar-refractivity contribution in [3.63, 3.8) is 0 Å². The SMILES string of the molecule is Oc1c(Br)cc([C@H](CC(F)(F)F)N2CCNCC2)cc1Br. The summed E-state index contributed by atoms with van der Waals surface area (Å²) < 4.78 is 39.5. The summed E-state index contributed by atoms with van der Waals surface area (Å²) in [6.07, 6.45) is -5.15. The van der Waals surface area contributed by atoms with Crippen molar-refractivity contribution in [2.75, 3.05) is 26.2 Å². The first-order valence-electron chi connectivity index (χ1n) is 6.47. The summed E-state index contributed by atoms with van der Waals surface area (Å²) in [5.74, 6) is -0.00943. The Labute approximate surface area is 137 Å². The van der Waals surface area contributed by atoms with Gasteiger partial charge in [0.05, 0.1) is 15.4 Å². The standard InChI is InChI=1S/C13H15Br2F3N2O/c14-9-5-8(6-10(15)12(9)21)11(7-13(16,17)18)20-3-1-19-2-4-20/h5-6,11,19,21H,1-4,7H2/t11-/m0/s1. The number of benzene rings is 1. The Morgan fingerprint density at radius 1 is 1.19 bits per heavy atom. The van der Waals surface area contributed by atoms with Crippen LogP contribution < -0.4 is 5.32 Å². The highest BCUT2D eigenvalue weighted by Gasteiger charge is 2.36. The average molecular weight is 432 g/mol. The molecule has 1 aliphatic heterocycles. The second-order valence-corrected chi connectivity index (χ2v) is 6.66. The molecule has 1 heterocycles. The van der Waals surface area contributed by atoms with Gasteiger partial charge in [0.1, 0.15) is 5.75 Å². The molecular weight excluding hydrogens is 417 g/mol. The molecule has 1 aromatic rings. The van der Waals surface area contributed by atoms with Gasteiger partial charge in [-0.05, 0) is 49.6 Å². The molecule has 0 bridgehead atoms. The largest absolute Gasteiger partial charge is 0.506 e. The summed E-state index contributed by atoms with van der Waals surface area (Å²) in [4.78, 5) is 1.83. The van der Waals surface area contributed by atoms with Gasteiger partial charge in [-0.2, -0.15) is 13.2 Å². The highest BCUT2D eigenvalue weighted by Crippen LogP contribution is 2.40. The van der Waals surface area contributed by atoms with Crippen molar-refractivity contribution in [1.29, 1.82) is 0 Å². The Balaban J connectivity index is 2.34. The number of rotatable bonds is 3. The van der Waals surface area contributed by atoms with Gasteiger partial charge in [-0.25, -0.2) is 0 Å². The fraction of sp³-hybridized carbons (Fsp3) is 0.538. The highest BCUT2D eigenvalue weighted by atomic mass is 79.9. The molecule has 1 atom stereocenters. The van der Waals surface area contributed by atoms with Crippen molar-refractivity contribution in [3.8, 4) is 5.75 Å².